The summed E-state index contributed by atoms with van der Waals surface area (Å²) in [7, 11) is 0. The molecule has 1 saturated carbocycles. The van der Waals surface area contributed by atoms with Gasteiger partial charge in [-0.15, -0.1) is 0 Å². The number of rotatable bonds is 7. The number of hydrogen-bond donors (Lipinski definition) is 1. The lowest BCUT2D eigenvalue weighted by atomic mass is 9.83. The van der Waals surface area contributed by atoms with Crippen molar-refractivity contribution in [2.75, 3.05) is 6.54 Å². The number of nitrogens with zero attached hydrogens (tertiary/aromatic N) is 1. The second kappa shape index (κ2) is 8.58. The fourth-order valence-corrected chi connectivity index (χ4v) is 2.70. The Morgan fingerprint density at radius 3 is 2.56 bits per heavy atom. The third-order valence-corrected chi connectivity index (χ3v) is 3.69. The highest BCUT2D eigenvalue weighted by atomic mass is 14.9. The van der Waals surface area contributed by atoms with Crippen LogP contribution in [0.2, 0.25) is 0 Å². The standard InChI is InChI=1S/C14H26N2/c1-2-6-13-7-9-14(10-8-13)16-12-5-3-4-11-15/h13-14,16H,2-10,12H2,1H3. The lowest BCUT2D eigenvalue weighted by molar-refractivity contribution is 0.278. The van der Waals surface area contributed by atoms with Crippen LogP contribution in [0.3, 0.4) is 0 Å². The number of unbranched alkanes of at least 4 members (excludes halogenated alkanes) is 2. The second-order valence-electron chi connectivity index (χ2n) is 5.08. The van der Waals surface area contributed by atoms with Gasteiger partial charge >= 0.3 is 0 Å². The van der Waals surface area contributed by atoms with Crippen LogP contribution in [0.15, 0.2) is 0 Å². The predicted molar refractivity (Wildman–Crippen MR) is 68.1 cm³/mol. The molecule has 2 nitrogen and oxygen atoms in total. The first-order valence-corrected chi connectivity index (χ1v) is 6.97. The Morgan fingerprint density at radius 2 is 1.94 bits per heavy atom. The van der Waals surface area contributed by atoms with Gasteiger partial charge in [0.05, 0.1) is 6.07 Å². The SMILES string of the molecule is CCCC1CCC(NCCCCC#N)CC1. The van der Waals surface area contributed by atoms with Crippen molar-refractivity contribution in [3.63, 3.8) is 0 Å². The first-order chi connectivity index (χ1) is 7.86. The summed E-state index contributed by atoms with van der Waals surface area (Å²) >= 11 is 0. The van der Waals surface area contributed by atoms with Gasteiger partial charge in [-0.05, 0) is 51.0 Å². The van der Waals surface area contributed by atoms with E-state index in [0.717, 1.165) is 31.3 Å². The van der Waals surface area contributed by atoms with Crippen LogP contribution in [0.4, 0.5) is 0 Å². The smallest absolute Gasteiger partial charge is 0.0621 e. The molecule has 0 aliphatic heterocycles. The van der Waals surface area contributed by atoms with Gasteiger partial charge in [-0.25, -0.2) is 0 Å². The Labute approximate surface area is 100 Å². The maximum absolute atomic E-state index is 8.42. The van der Waals surface area contributed by atoms with Crippen molar-refractivity contribution < 1.29 is 0 Å². The van der Waals surface area contributed by atoms with Gasteiger partial charge in [-0.2, -0.15) is 5.26 Å². The highest BCUT2D eigenvalue weighted by Crippen LogP contribution is 2.27. The average molecular weight is 222 g/mol. The minimum atomic E-state index is 0.713. The lowest BCUT2D eigenvalue weighted by Crippen LogP contribution is -2.33. The third kappa shape index (κ3) is 5.51. The van der Waals surface area contributed by atoms with Crippen LogP contribution in [0.1, 0.15) is 64.7 Å². The Hall–Kier alpha value is -0.550. The van der Waals surface area contributed by atoms with E-state index < -0.39 is 0 Å². The van der Waals surface area contributed by atoms with Gasteiger partial charge in [-0.3, -0.25) is 0 Å². The monoisotopic (exact) mass is 222 g/mol. The van der Waals surface area contributed by atoms with E-state index in [2.05, 4.69) is 18.3 Å². The fraction of sp³-hybridized carbons (Fsp3) is 0.929. The van der Waals surface area contributed by atoms with E-state index >= 15 is 0 Å². The van der Waals surface area contributed by atoms with Crippen LogP contribution in [0.25, 0.3) is 0 Å². The largest absolute Gasteiger partial charge is 0.314 e. The summed E-state index contributed by atoms with van der Waals surface area (Å²) in [6, 6.07) is 2.96. The molecule has 0 aromatic heterocycles. The van der Waals surface area contributed by atoms with Gasteiger partial charge in [0.25, 0.3) is 0 Å². The molecule has 0 aromatic rings. The van der Waals surface area contributed by atoms with Crippen LogP contribution < -0.4 is 5.32 Å². The molecular weight excluding hydrogens is 196 g/mol. The molecule has 1 aliphatic carbocycles. The van der Waals surface area contributed by atoms with E-state index in [9.17, 15) is 0 Å². The Morgan fingerprint density at radius 1 is 1.19 bits per heavy atom. The van der Waals surface area contributed by atoms with Crippen molar-refractivity contribution in [3.05, 3.63) is 0 Å². The second-order valence-corrected chi connectivity index (χ2v) is 5.08. The molecule has 16 heavy (non-hydrogen) atoms. The van der Waals surface area contributed by atoms with Crippen LogP contribution in [0.5, 0.6) is 0 Å². The van der Waals surface area contributed by atoms with E-state index in [1.54, 1.807) is 0 Å². The fourth-order valence-electron chi connectivity index (χ4n) is 2.70. The highest BCUT2D eigenvalue weighted by Gasteiger charge is 2.19. The minimum absolute atomic E-state index is 0.713. The molecule has 0 unspecified atom stereocenters. The maximum Gasteiger partial charge on any atom is 0.0621 e. The van der Waals surface area contributed by atoms with Crippen LogP contribution in [-0.2, 0) is 0 Å². The average Bonchev–Trinajstić information content (AvgIpc) is 2.31. The lowest BCUT2D eigenvalue weighted by Gasteiger charge is -2.29. The van der Waals surface area contributed by atoms with E-state index in [1.165, 1.54) is 38.5 Å². The normalized spacial score (nSPS) is 25.2. The van der Waals surface area contributed by atoms with Crippen molar-refractivity contribution in [1.29, 1.82) is 5.26 Å². The first kappa shape index (κ1) is 13.5. The zero-order valence-electron chi connectivity index (χ0n) is 10.7. The molecule has 0 bridgehead atoms. The van der Waals surface area contributed by atoms with Crippen molar-refractivity contribution >= 4 is 0 Å². The molecule has 0 saturated heterocycles. The molecule has 0 heterocycles. The molecule has 1 fully saturated rings. The van der Waals surface area contributed by atoms with Gasteiger partial charge in [0.1, 0.15) is 0 Å². The maximum atomic E-state index is 8.42. The first-order valence-electron chi connectivity index (χ1n) is 6.97. The molecule has 0 radical (unpaired) electrons. The number of nitrogens with one attached hydrogen (secondary N) is 1. The van der Waals surface area contributed by atoms with Crippen molar-refractivity contribution in [3.8, 4) is 6.07 Å². The van der Waals surface area contributed by atoms with E-state index in [0.29, 0.717) is 6.42 Å². The molecule has 0 spiro atoms. The highest BCUT2D eigenvalue weighted by molar-refractivity contribution is 4.77. The van der Waals surface area contributed by atoms with Gasteiger partial charge in [0.15, 0.2) is 0 Å². The molecule has 0 amide bonds. The van der Waals surface area contributed by atoms with Gasteiger partial charge in [0.2, 0.25) is 0 Å². The summed E-state index contributed by atoms with van der Waals surface area (Å²) in [6.45, 7) is 3.39. The van der Waals surface area contributed by atoms with Gasteiger partial charge < -0.3 is 5.32 Å². The van der Waals surface area contributed by atoms with Crippen molar-refractivity contribution in [1.82, 2.24) is 5.32 Å². The quantitative estimate of drug-likeness (QED) is 0.668. The number of hydrogen-bond acceptors (Lipinski definition) is 2. The zero-order chi connectivity index (χ0) is 11.6. The Kier molecular flexibility index (Phi) is 7.25. The minimum Gasteiger partial charge on any atom is -0.314 e. The van der Waals surface area contributed by atoms with E-state index in [-0.39, 0.29) is 0 Å². The van der Waals surface area contributed by atoms with Crippen LogP contribution >= 0.6 is 0 Å². The van der Waals surface area contributed by atoms with E-state index in [4.69, 9.17) is 5.26 Å². The summed E-state index contributed by atoms with van der Waals surface area (Å²) in [5.41, 5.74) is 0. The predicted octanol–water partition coefficient (Wildman–Crippen LogP) is 3.63. The molecule has 92 valence electrons. The van der Waals surface area contributed by atoms with Gasteiger partial charge in [-0.1, -0.05) is 19.8 Å². The summed E-state index contributed by atoms with van der Waals surface area (Å²) in [6.07, 6.45) is 11.3. The molecule has 1 N–H and O–H groups in total. The van der Waals surface area contributed by atoms with Crippen molar-refractivity contribution in [2.24, 2.45) is 5.92 Å². The van der Waals surface area contributed by atoms with Crippen LogP contribution in [-0.4, -0.2) is 12.6 Å². The summed E-state index contributed by atoms with van der Waals surface area (Å²) in [5.74, 6) is 1.00. The molecule has 1 aliphatic rings. The summed E-state index contributed by atoms with van der Waals surface area (Å²) in [5, 5.41) is 12.1. The number of nitriles is 1. The zero-order valence-corrected chi connectivity index (χ0v) is 10.7. The molecule has 0 atom stereocenters. The van der Waals surface area contributed by atoms with E-state index in [1.807, 2.05) is 0 Å². The third-order valence-electron chi connectivity index (χ3n) is 3.69. The molecular formula is C14H26N2. The molecule has 1 rings (SSSR count). The molecule has 2 heteroatoms. The Balaban J connectivity index is 1.98. The van der Waals surface area contributed by atoms with Crippen LogP contribution in [0, 0.1) is 17.2 Å². The Bertz CT molecular complexity index is 199. The summed E-state index contributed by atoms with van der Waals surface area (Å²) < 4.78 is 0. The topological polar surface area (TPSA) is 35.8 Å². The molecule has 0 aromatic carbocycles. The van der Waals surface area contributed by atoms with Crippen molar-refractivity contribution in [2.45, 2.75) is 70.8 Å². The van der Waals surface area contributed by atoms with Gasteiger partial charge in [0, 0.05) is 12.5 Å². The summed E-state index contributed by atoms with van der Waals surface area (Å²) in [4.78, 5) is 0.